The molecule has 3 nitrogen and oxygen atoms in total. The van der Waals surface area contributed by atoms with Crippen molar-refractivity contribution >= 4 is 34.0 Å². The number of fused-ring (bicyclic) bond motifs is 1. The van der Waals surface area contributed by atoms with Crippen LogP contribution in [0.2, 0.25) is 0 Å². The second kappa shape index (κ2) is 6.73. The Morgan fingerprint density at radius 1 is 0.960 bits per heavy atom. The average Bonchev–Trinajstić information content (AvgIpc) is 2.60. The summed E-state index contributed by atoms with van der Waals surface area (Å²) in [5, 5.41) is 3.81. The molecule has 0 fully saturated rings. The van der Waals surface area contributed by atoms with Crippen molar-refractivity contribution in [2.45, 2.75) is 26.2 Å². The highest BCUT2D eigenvalue weighted by Gasteiger charge is 2.15. The van der Waals surface area contributed by atoms with E-state index in [1.54, 1.807) is 0 Å². The van der Waals surface area contributed by atoms with Crippen molar-refractivity contribution in [3.63, 3.8) is 0 Å². The van der Waals surface area contributed by atoms with Crippen LogP contribution < -0.4 is 5.32 Å². The molecule has 0 aliphatic carbocycles. The molecule has 1 N–H and O–H groups in total. The van der Waals surface area contributed by atoms with Gasteiger partial charge in [-0.15, -0.1) is 0 Å². The van der Waals surface area contributed by atoms with Gasteiger partial charge in [0.1, 0.15) is 4.99 Å². The van der Waals surface area contributed by atoms with Crippen LogP contribution in [-0.2, 0) is 5.41 Å². The fourth-order valence-corrected chi connectivity index (χ4v) is 2.76. The summed E-state index contributed by atoms with van der Waals surface area (Å²) in [5.41, 5.74) is 3.26. The summed E-state index contributed by atoms with van der Waals surface area (Å²) in [6, 6.07) is 19.2. The first-order chi connectivity index (χ1) is 11.8. The predicted molar refractivity (Wildman–Crippen MR) is 106 cm³/mol. The Hall–Kier alpha value is -2.59. The zero-order valence-electron chi connectivity index (χ0n) is 14.5. The van der Waals surface area contributed by atoms with E-state index in [0.29, 0.717) is 16.2 Å². The molecule has 0 bridgehead atoms. The first-order valence-electron chi connectivity index (χ1n) is 8.16. The van der Waals surface area contributed by atoms with Gasteiger partial charge in [0.05, 0.1) is 11.2 Å². The monoisotopic (exact) mass is 348 g/mol. The maximum Gasteiger partial charge on any atom is 0.256 e. The molecule has 0 radical (unpaired) electrons. The number of hydrogen-bond donors (Lipinski definition) is 1. The Morgan fingerprint density at radius 3 is 2.32 bits per heavy atom. The van der Waals surface area contributed by atoms with Gasteiger partial charge in [-0.3, -0.25) is 4.79 Å². The SMILES string of the molecule is CC(C)(C)c1ccc(C(=O)NC(=S)c2ccc3ccccc3n2)cc1. The van der Waals surface area contributed by atoms with Gasteiger partial charge in [-0.1, -0.05) is 69.4 Å². The molecule has 1 amide bonds. The van der Waals surface area contributed by atoms with Gasteiger partial charge in [0.15, 0.2) is 0 Å². The number of para-hydroxylation sites is 1. The number of aromatic nitrogens is 1. The van der Waals surface area contributed by atoms with E-state index in [1.165, 1.54) is 5.56 Å². The smallest absolute Gasteiger partial charge is 0.256 e. The number of carbonyl (C=O) groups excluding carboxylic acids is 1. The third-order valence-electron chi connectivity index (χ3n) is 4.07. The van der Waals surface area contributed by atoms with Gasteiger partial charge in [-0.25, -0.2) is 4.98 Å². The molecule has 3 aromatic rings. The van der Waals surface area contributed by atoms with E-state index in [4.69, 9.17) is 12.2 Å². The molecule has 126 valence electrons. The lowest BCUT2D eigenvalue weighted by molar-refractivity contribution is 0.0977. The van der Waals surface area contributed by atoms with Crippen LogP contribution in [0.5, 0.6) is 0 Å². The van der Waals surface area contributed by atoms with Gasteiger partial charge in [-0.2, -0.15) is 0 Å². The zero-order valence-corrected chi connectivity index (χ0v) is 15.4. The fraction of sp³-hybridized carbons (Fsp3) is 0.190. The molecule has 0 saturated carbocycles. The second-order valence-electron chi connectivity index (χ2n) is 7.00. The largest absolute Gasteiger partial charge is 0.311 e. The number of rotatable bonds is 2. The lowest BCUT2D eigenvalue weighted by Gasteiger charge is -2.19. The van der Waals surface area contributed by atoms with E-state index in [2.05, 4.69) is 31.1 Å². The molecule has 0 spiro atoms. The van der Waals surface area contributed by atoms with E-state index in [9.17, 15) is 4.79 Å². The van der Waals surface area contributed by atoms with Gasteiger partial charge in [-0.05, 0) is 35.2 Å². The molecular formula is C21H20N2OS. The number of benzene rings is 2. The minimum absolute atomic E-state index is 0.0549. The number of thiocarbonyl (C=S) groups is 1. The van der Waals surface area contributed by atoms with Crippen LogP contribution in [0.15, 0.2) is 60.7 Å². The van der Waals surface area contributed by atoms with E-state index in [1.807, 2.05) is 60.7 Å². The van der Waals surface area contributed by atoms with Crippen molar-refractivity contribution in [3.8, 4) is 0 Å². The normalized spacial score (nSPS) is 11.3. The second-order valence-corrected chi connectivity index (χ2v) is 7.41. The highest BCUT2D eigenvalue weighted by molar-refractivity contribution is 7.80. The van der Waals surface area contributed by atoms with Crippen LogP contribution in [0.25, 0.3) is 10.9 Å². The van der Waals surface area contributed by atoms with Crippen molar-refractivity contribution < 1.29 is 4.79 Å². The Morgan fingerprint density at radius 2 is 1.64 bits per heavy atom. The molecule has 4 heteroatoms. The maximum absolute atomic E-state index is 12.4. The average molecular weight is 348 g/mol. The number of carbonyl (C=O) groups is 1. The van der Waals surface area contributed by atoms with Crippen LogP contribution in [0.4, 0.5) is 0 Å². The molecule has 0 aliphatic heterocycles. The molecule has 1 aromatic heterocycles. The molecule has 3 rings (SSSR count). The van der Waals surface area contributed by atoms with E-state index < -0.39 is 0 Å². The number of nitrogens with zero attached hydrogens (tertiary/aromatic N) is 1. The molecule has 25 heavy (non-hydrogen) atoms. The Balaban J connectivity index is 1.76. The van der Waals surface area contributed by atoms with Crippen LogP contribution in [-0.4, -0.2) is 15.9 Å². The number of amides is 1. The van der Waals surface area contributed by atoms with E-state index in [-0.39, 0.29) is 11.3 Å². The van der Waals surface area contributed by atoms with Gasteiger partial charge < -0.3 is 5.32 Å². The predicted octanol–water partition coefficient (Wildman–Crippen LogP) is 4.64. The summed E-state index contributed by atoms with van der Waals surface area (Å²) in [7, 11) is 0. The van der Waals surface area contributed by atoms with Crippen LogP contribution in [0, 0.1) is 0 Å². The van der Waals surface area contributed by atoms with Crippen molar-refractivity contribution in [3.05, 3.63) is 77.5 Å². The van der Waals surface area contributed by atoms with E-state index >= 15 is 0 Å². The summed E-state index contributed by atoms with van der Waals surface area (Å²) >= 11 is 5.35. The third-order valence-corrected chi connectivity index (χ3v) is 4.38. The van der Waals surface area contributed by atoms with Crippen LogP contribution in [0.1, 0.15) is 42.4 Å². The fourth-order valence-electron chi connectivity index (χ4n) is 2.55. The van der Waals surface area contributed by atoms with Crippen molar-refractivity contribution in [2.75, 3.05) is 0 Å². The highest BCUT2D eigenvalue weighted by Crippen LogP contribution is 2.22. The summed E-state index contributed by atoms with van der Waals surface area (Å²) < 4.78 is 0. The first-order valence-corrected chi connectivity index (χ1v) is 8.57. The highest BCUT2D eigenvalue weighted by atomic mass is 32.1. The quantitative estimate of drug-likeness (QED) is 0.686. The number of pyridine rings is 1. The van der Waals surface area contributed by atoms with Gasteiger partial charge in [0.25, 0.3) is 5.91 Å². The molecule has 0 saturated heterocycles. The number of nitrogens with one attached hydrogen (secondary N) is 1. The minimum atomic E-state index is -0.222. The van der Waals surface area contributed by atoms with Crippen LogP contribution >= 0.6 is 12.2 Å². The topological polar surface area (TPSA) is 42.0 Å². The Bertz CT molecular complexity index is 940. The Labute approximate surface area is 153 Å². The molecule has 0 unspecified atom stereocenters. The van der Waals surface area contributed by atoms with Gasteiger partial charge in [0, 0.05) is 10.9 Å². The molecule has 0 atom stereocenters. The Kier molecular flexibility index (Phi) is 4.64. The summed E-state index contributed by atoms with van der Waals surface area (Å²) in [6.45, 7) is 6.42. The third kappa shape index (κ3) is 3.91. The molecule has 2 aromatic carbocycles. The number of hydrogen-bond acceptors (Lipinski definition) is 3. The molecule has 1 heterocycles. The molecular weight excluding hydrogens is 328 g/mol. The summed E-state index contributed by atoms with van der Waals surface area (Å²) in [4.78, 5) is 17.3. The van der Waals surface area contributed by atoms with Gasteiger partial charge in [0.2, 0.25) is 0 Å². The maximum atomic E-state index is 12.4. The van der Waals surface area contributed by atoms with Gasteiger partial charge >= 0.3 is 0 Å². The molecule has 0 aliphatic rings. The summed E-state index contributed by atoms with van der Waals surface area (Å²) in [5.74, 6) is -0.222. The van der Waals surface area contributed by atoms with Crippen molar-refractivity contribution in [2.24, 2.45) is 0 Å². The van der Waals surface area contributed by atoms with Crippen LogP contribution in [0.3, 0.4) is 0 Å². The van der Waals surface area contributed by atoms with Crippen molar-refractivity contribution in [1.29, 1.82) is 0 Å². The van der Waals surface area contributed by atoms with E-state index in [0.717, 1.165) is 10.9 Å². The zero-order chi connectivity index (χ0) is 18.0. The lowest BCUT2D eigenvalue weighted by Crippen LogP contribution is -2.30. The standard InChI is InChI=1S/C21H20N2OS/c1-21(2,3)16-11-8-15(9-12-16)19(24)23-20(25)18-13-10-14-6-4-5-7-17(14)22-18/h4-13H,1-3H3,(H,23,24,25). The van der Waals surface area contributed by atoms with Crippen molar-refractivity contribution in [1.82, 2.24) is 10.3 Å². The first kappa shape index (κ1) is 17.2. The minimum Gasteiger partial charge on any atom is -0.311 e. The summed E-state index contributed by atoms with van der Waals surface area (Å²) in [6.07, 6.45) is 0. The lowest BCUT2D eigenvalue weighted by atomic mass is 9.87.